The van der Waals surface area contributed by atoms with E-state index in [1.807, 2.05) is 4.90 Å². The molecule has 2 heterocycles. The van der Waals surface area contributed by atoms with Crippen LogP contribution in [0, 0.1) is 0 Å². The van der Waals surface area contributed by atoms with Crippen molar-refractivity contribution < 1.29 is 13.2 Å². The molecule has 5 nitrogen and oxygen atoms in total. The van der Waals surface area contributed by atoms with Crippen LogP contribution >= 0.6 is 0 Å². The Morgan fingerprint density at radius 1 is 1.33 bits per heavy atom. The minimum absolute atomic E-state index is 0.154. The summed E-state index contributed by atoms with van der Waals surface area (Å²) in [6.07, 6.45) is -3.67. The molecule has 2 N–H and O–H groups in total. The molecule has 2 rings (SSSR count). The highest BCUT2D eigenvalue weighted by Gasteiger charge is 2.36. The Morgan fingerprint density at radius 3 is 2.57 bits per heavy atom. The average Bonchev–Trinajstić information content (AvgIpc) is 2.88. The van der Waals surface area contributed by atoms with E-state index in [-0.39, 0.29) is 11.6 Å². The molecule has 0 saturated carbocycles. The van der Waals surface area contributed by atoms with Crippen LogP contribution in [0.25, 0.3) is 0 Å². The van der Waals surface area contributed by atoms with Gasteiger partial charge in [0.2, 0.25) is 5.82 Å². The topological polar surface area (TPSA) is 58.3 Å². The molecule has 0 aliphatic carbocycles. The van der Waals surface area contributed by atoms with Gasteiger partial charge in [-0.2, -0.15) is 13.2 Å². The van der Waals surface area contributed by atoms with Gasteiger partial charge in [-0.15, -0.1) is 0 Å². The summed E-state index contributed by atoms with van der Waals surface area (Å²) in [5.41, 5.74) is 5.48. The Kier molecular flexibility index (Phi) is 4.55. The van der Waals surface area contributed by atoms with Crippen molar-refractivity contribution in [3.05, 3.63) is 11.9 Å². The van der Waals surface area contributed by atoms with Crippen molar-refractivity contribution in [2.45, 2.75) is 32.5 Å². The van der Waals surface area contributed by atoms with Crippen molar-refractivity contribution in [2.75, 3.05) is 36.8 Å². The second-order valence-corrected chi connectivity index (χ2v) is 5.08. The van der Waals surface area contributed by atoms with Gasteiger partial charge in [0.25, 0.3) is 0 Å². The Balaban J connectivity index is 2.18. The Labute approximate surface area is 122 Å². The number of alkyl halides is 3. The van der Waals surface area contributed by atoms with Crippen LogP contribution in [0.3, 0.4) is 0 Å². The minimum Gasteiger partial charge on any atom is -0.384 e. The van der Waals surface area contributed by atoms with Gasteiger partial charge in [0, 0.05) is 25.2 Å². The summed E-state index contributed by atoms with van der Waals surface area (Å²) < 4.78 is 38.2. The van der Waals surface area contributed by atoms with E-state index < -0.39 is 12.0 Å². The molecule has 1 fully saturated rings. The second kappa shape index (κ2) is 6.05. The number of aromatic nitrogens is 2. The van der Waals surface area contributed by atoms with Gasteiger partial charge in [0.1, 0.15) is 11.6 Å². The van der Waals surface area contributed by atoms with E-state index in [2.05, 4.69) is 28.7 Å². The molecular formula is C13H20F3N5. The zero-order valence-electron chi connectivity index (χ0n) is 12.2. The molecule has 0 radical (unpaired) electrons. The van der Waals surface area contributed by atoms with Gasteiger partial charge < -0.3 is 10.6 Å². The highest BCUT2D eigenvalue weighted by Crippen LogP contribution is 2.30. The molecule has 1 aromatic heterocycles. The smallest absolute Gasteiger partial charge is 0.384 e. The van der Waals surface area contributed by atoms with E-state index in [1.165, 1.54) is 6.07 Å². The molecular weight excluding hydrogens is 283 g/mol. The van der Waals surface area contributed by atoms with Crippen molar-refractivity contribution in [1.82, 2.24) is 14.9 Å². The molecule has 1 aromatic rings. The first-order chi connectivity index (χ1) is 9.85. The van der Waals surface area contributed by atoms with Gasteiger partial charge in [-0.1, -0.05) is 13.8 Å². The van der Waals surface area contributed by atoms with Crippen LogP contribution in [0.5, 0.6) is 0 Å². The predicted octanol–water partition coefficient (Wildman–Crippen LogP) is 2.00. The third kappa shape index (κ3) is 3.55. The Hall–Kier alpha value is -1.57. The summed E-state index contributed by atoms with van der Waals surface area (Å²) in [5, 5.41) is 0. The standard InChI is InChI=1S/C13H20F3N5/c1-3-20(4-2)9-5-6-21(8-9)11-7-10(17)18-12(19-11)13(14,15)16/h7,9H,3-6,8H2,1-2H3,(H2,17,18,19). The zero-order valence-corrected chi connectivity index (χ0v) is 12.2. The lowest BCUT2D eigenvalue weighted by molar-refractivity contribution is -0.144. The van der Waals surface area contributed by atoms with Crippen LogP contribution in [-0.2, 0) is 6.18 Å². The maximum absolute atomic E-state index is 12.7. The number of nitrogen functional groups attached to an aromatic ring is 1. The third-order valence-electron chi connectivity index (χ3n) is 3.80. The molecule has 0 aromatic carbocycles. The predicted molar refractivity (Wildman–Crippen MR) is 75.0 cm³/mol. The number of hydrogen-bond donors (Lipinski definition) is 1. The number of hydrogen-bond acceptors (Lipinski definition) is 5. The summed E-state index contributed by atoms with van der Waals surface area (Å²) in [7, 11) is 0. The number of anilines is 2. The van der Waals surface area contributed by atoms with Crippen molar-refractivity contribution in [3.8, 4) is 0 Å². The molecule has 118 valence electrons. The van der Waals surface area contributed by atoms with Crippen LogP contribution in [0.15, 0.2) is 6.07 Å². The van der Waals surface area contributed by atoms with Crippen LogP contribution in [0.4, 0.5) is 24.8 Å². The molecule has 1 aliphatic heterocycles. The number of nitrogens with zero attached hydrogens (tertiary/aromatic N) is 4. The summed E-state index contributed by atoms with van der Waals surface area (Å²) in [6.45, 7) is 7.35. The fourth-order valence-corrected chi connectivity index (χ4v) is 2.73. The summed E-state index contributed by atoms with van der Waals surface area (Å²) >= 11 is 0. The number of halogens is 3. The third-order valence-corrected chi connectivity index (χ3v) is 3.80. The molecule has 0 bridgehead atoms. The van der Waals surface area contributed by atoms with E-state index in [0.717, 1.165) is 19.5 Å². The number of likely N-dealkylation sites (N-methyl/N-ethyl adjacent to an activating group) is 1. The Bertz CT molecular complexity index is 487. The van der Waals surface area contributed by atoms with Crippen LogP contribution < -0.4 is 10.6 Å². The first kappa shape index (κ1) is 15.8. The molecule has 1 atom stereocenters. The highest BCUT2D eigenvalue weighted by atomic mass is 19.4. The van der Waals surface area contributed by atoms with Gasteiger partial charge in [0.05, 0.1) is 0 Å². The molecule has 0 spiro atoms. The maximum atomic E-state index is 12.7. The molecule has 1 aliphatic rings. The van der Waals surface area contributed by atoms with Crippen LogP contribution in [0.2, 0.25) is 0 Å². The van der Waals surface area contributed by atoms with Crippen LogP contribution in [0.1, 0.15) is 26.1 Å². The van der Waals surface area contributed by atoms with Crippen molar-refractivity contribution in [3.63, 3.8) is 0 Å². The van der Waals surface area contributed by atoms with Crippen molar-refractivity contribution in [2.24, 2.45) is 0 Å². The van der Waals surface area contributed by atoms with E-state index in [4.69, 9.17) is 5.73 Å². The molecule has 0 amide bonds. The van der Waals surface area contributed by atoms with E-state index >= 15 is 0 Å². The fourth-order valence-electron chi connectivity index (χ4n) is 2.73. The van der Waals surface area contributed by atoms with Gasteiger partial charge in [-0.3, -0.25) is 4.90 Å². The largest absolute Gasteiger partial charge is 0.451 e. The van der Waals surface area contributed by atoms with E-state index in [9.17, 15) is 13.2 Å². The number of nitrogens with two attached hydrogens (primary N) is 1. The molecule has 21 heavy (non-hydrogen) atoms. The second-order valence-electron chi connectivity index (χ2n) is 5.08. The highest BCUT2D eigenvalue weighted by molar-refractivity contribution is 5.48. The van der Waals surface area contributed by atoms with Crippen molar-refractivity contribution >= 4 is 11.6 Å². The Morgan fingerprint density at radius 2 is 2.00 bits per heavy atom. The van der Waals surface area contributed by atoms with E-state index in [0.29, 0.717) is 19.1 Å². The lowest BCUT2D eigenvalue weighted by atomic mass is 10.2. The maximum Gasteiger partial charge on any atom is 0.451 e. The van der Waals surface area contributed by atoms with E-state index in [1.54, 1.807) is 0 Å². The molecule has 8 heteroatoms. The SMILES string of the molecule is CCN(CC)C1CCN(c2cc(N)nc(C(F)(F)F)n2)C1. The quantitative estimate of drug-likeness (QED) is 0.922. The number of rotatable bonds is 4. The van der Waals surface area contributed by atoms with Gasteiger partial charge in [-0.05, 0) is 19.5 Å². The summed E-state index contributed by atoms with van der Waals surface area (Å²) in [4.78, 5) is 11.0. The van der Waals surface area contributed by atoms with Gasteiger partial charge in [0.15, 0.2) is 0 Å². The summed E-state index contributed by atoms with van der Waals surface area (Å²) in [6, 6.07) is 1.74. The monoisotopic (exact) mass is 303 g/mol. The van der Waals surface area contributed by atoms with Gasteiger partial charge in [-0.25, -0.2) is 9.97 Å². The lowest BCUT2D eigenvalue weighted by Crippen LogP contribution is -2.37. The molecule has 1 unspecified atom stereocenters. The van der Waals surface area contributed by atoms with Gasteiger partial charge >= 0.3 is 6.18 Å². The lowest BCUT2D eigenvalue weighted by Gasteiger charge is -2.26. The first-order valence-electron chi connectivity index (χ1n) is 7.05. The zero-order chi connectivity index (χ0) is 15.6. The minimum atomic E-state index is -4.58. The van der Waals surface area contributed by atoms with Crippen molar-refractivity contribution in [1.29, 1.82) is 0 Å². The summed E-state index contributed by atoms with van der Waals surface area (Å²) in [5.74, 6) is -1.08. The van der Waals surface area contributed by atoms with Crippen LogP contribution in [-0.4, -0.2) is 47.1 Å². The fraction of sp³-hybridized carbons (Fsp3) is 0.692. The normalized spacial score (nSPS) is 19.5. The average molecular weight is 303 g/mol. The molecule has 1 saturated heterocycles. The first-order valence-corrected chi connectivity index (χ1v) is 7.05.